The van der Waals surface area contributed by atoms with Gasteiger partial charge in [-0.25, -0.2) is 4.98 Å². The van der Waals surface area contributed by atoms with Crippen LogP contribution in [0.1, 0.15) is 0 Å². The molecule has 0 fully saturated rings. The number of hydrogen-bond donors (Lipinski definition) is 1. The van der Waals surface area contributed by atoms with Crippen molar-refractivity contribution in [3.8, 4) is 33.4 Å². The lowest BCUT2D eigenvalue weighted by molar-refractivity contribution is 0.415. The minimum absolute atomic E-state index is 0.223. The number of nitrogens with one attached hydrogen (secondary N) is 1. The van der Waals surface area contributed by atoms with E-state index in [2.05, 4.69) is 15.3 Å². The maximum atomic E-state index is 13.6. The molecule has 7 nitrogen and oxygen atoms in total. The average Bonchev–Trinajstić information content (AvgIpc) is 3.57. The van der Waals surface area contributed by atoms with Crippen LogP contribution in [-0.2, 0) is 0 Å². The van der Waals surface area contributed by atoms with Crippen molar-refractivity contribution >= 4 is 33.5 Å². The molecule has 0 aliphatic carbocycles. The molecule has 0 unspecified atom stereocenters. The Labute approximate surface area is 216 Å². The van der Waals surface area contributed by atoms with Crippen molar-refractivity contribution in [2.45, 2.75) is 0 Å². The van der Waals surface area contributed by atoms with Gasteiger partial charge in [0.15, 0.2) is 5.69 Å². The van der Waals surface area contributed by atoms with Gasteiger partial charge in [-0.05, 0) is 35.7 Å². The van der Waals surface area contributed by atoms with Crippen LogP contribution < -0.4 is 10.3 Å². The molecule has 0 atom stereocenters. The SMILES string of the molecule is COc1ccc(-c2csc(-n3[nH]c(-c4ccccc4)c(N=Nc4cccc5ccccc45)c3=O)n2)cc1. The lowest BCUT2D eigenvalue weighted by Crippen LogP contribution is -2.13. The van der Waals surface area contributed by atoms with E-state index in [9.17, 15) is 4.79 Å². The van der Waals surface area contributed by atoms with Gasteiger partial charge in [-0.15, -0.1) is 21.6 Å². The van der Waals surface area contributed by atoms with Gasteiger partial charge in [0.05, 0.1) is 24.2 Å². The van der Waals surface area contributed by atoms with Crippen LogP contribution in [0.15, 0.2) is 117 Å². The average molecular weight is 504 g/mol. The number of methoxy groups -OCH3 is 1. The summed E-state index contributed by atoms with van der Waals surface area (Å²) in [6.45, 7) is 0. The van der Waals surface area contributed by atoms with E-state index in [1.54, 1.807) is 7.11 Å². The van der Waals surface area contributed by atoms with E-state index in [1.807, 2.05) is 102 Å². The molecular weight excluding hydrogens is 482 g/mol. The van der Waals surface area contributed by atoms with Crippen molar-refractivity contribution < 1.29 is 4.74 Å². The van der Waals surface area contributed by atoms with Crippen molar-refractivity contribution in [3.63, 3.8) is 0 Å². The Balaban J connectivity index is 1.44. The lowest BCUT2D eigenvalue weighted by atomic mass is 10.1. The molecule has 0 aliphatic rings. The number of azo groups is 1. The van der Waals surface area contributed by atoms with Crippen LogP contribution in [0.5, 0.6) is 5.75 Å². The van der Waals surface area contributed by atoms with Gasteiger partial charge in [0.2, 0.25) is 5.13 Å². The predicted octanol–water partition coefficient (Wildman–Crippen LogP) is 7.53. The summed E-state index contributed by atoms with van der Waals surface area (Å²) in [4.78, 5) is 18.3. The fourth-order valence-corrected chi connectivity index (χ4v) is 4.91. The number of thiazole rings is 1. The minimum atomic E-state index is -0.321. The summed E-state index contributed by atoms with van der Waals surface area (Å²) in [6.07, 6.45) is 0. The molecule has 0 amide bonds. The molecule has 37 heavy (non-hydrogen) atoms. The molecule has 0 spiro atoms. The van der Waals surface area contributed by atoms with Crippen LogP contribution >= 0.6 is 11.3 Å². The molecule has 0 saturated carbocycles. The fraction of sp³-hybridized carbons (Fsp3) is 0.0345. The minimum Gasteiger partial charge on any atom is -0.497 e. The van der Waals surface area contributed by atoms with Gasteiger partial charge in [-0.1, -0.05) is 66.7 Å². The monoisotopic (exact) mass is 503 g/mol. The van der Waals surface area contributed by atoms with Gasteiger partial charge < -0.3 is 4.74 Å². The van der Waals surface area contributed by atoms with Crippen molar-refractivity contribution in [2.75, 3.05) is 7.11 Å². The maximum absolute atomic E-state index is 13.6. The zero-order chi connectivity index (χ0) is 25.2. The number of H-pyrrole nitrogens is 1. The molecule has 0 radical (unpaired) electrons. The Hall–Kier alpha value is -4.82. The number of fused-ring (bicyclic) bond motifs is 1. The van der Waals surface area contributed by atoms with Gasteiger partial charge in [0.1, 0.15) is 5.75 Å². The molecule has 0 saturated heterocycles. The number of hydrogen-bond acceptors (Lipinski definition) is 6. The third-order valence-corrected chi connectivity index (χ3v) is 6.85. The standard InChI is InChI=1S/C29H21N5O2S/c1-36-22-16-14-20(15-17-22)25-18-37-29(30-25)34-28(35)27(26(33-34)21-9-3-2-4-10-21)32-31-24-13-7-11-19-8-5-6-12-23(19)24/h2-18,33H,1H3. The first-order valence-electron chi connectivity index (χ1n) is 11.6. The summed E-state index contributed by atoms with van der Waals surface area (Å²) < 4.78 is 6.67. The summed E-state index contributed by atoms with van der Waals surface area (Å²) in [5.74, 6) is 0.772. The molecule has 1 N–H and O–H groups in total. The van der Waals surface area contributed by atoms with E-state index in [0.29, 0.717) is 16.5 Å². The number of nitrogens with zero attached hydrogens (tertiary/aromatic N) is 4. The second kappa shape index (κ2) is 9.67. The van der Waals surface area contributed by atoms with Crippen LogP contribution in [0.2, 0.25) is 0 Å². The zero-order valence-corrected chi connectivity index (χ0v) is 20.6. The van der Waals surface area contributed by atoms with E-state index in [0.717, 1.165) is 33.3 Å². The van der Waals surface area contributed by atoms with Crippen LogP contribution in [0, 0.1) is 0 Å². The summed E-state index contributed by atoms with van der Waals surface area (Å²) in [7, 11) is 1.63. The Bertz CT molecular complexity index is 1780. The van der Waals surface area contributed by atoms with Crippen LogP contribution in [-0.4, -0.2) is 21.9 Å². The van der Waals surface area contributed by atoms with Crippen molar-refractivity contribution in [1.29, 1.82) is 0 Å². The van der Waals surface area contributed by atoms with E-state index in [-0.39, 0.29) is 11.2 Å². The van der Waals surface area contributed by atoms with Gasteiger partial charge in [-0.3, -0.25) is 9.89 Å². The van der Waals surface area contributed by atoms with Gasteiger partial charge >= 0.3 is 5.56 Å². The van der Waals surface area contributed by atoms with Crippen LogP contribution in [0.25, 0.3) is 38.4 Å². The highest BCUT2D eigenvalue weighted by atomic mass is 32.1. The molecule has 6 rings (SSSR count). The van der Waals surface area contributed by atoms with Crippen LogP contribution in [0.4, 0.5) is 11.4 Å². The van der Waals surface area contributed by atoms with E-state index in [4.69, 9.17) is 9.72 Å². The van der Waals surface area contributed by atoms with E-state index >= 15 is 0 Å². The number of rotatable bonds is 6. The first-order chi connectivity index (χ1) is 18.2. The molecule has 180 valence electrons. The number of ether oxygens (including phenoxy) is 1. The second-order valence-electron chi connectivity index (χ2n) is 8.28. The van der Waals surface area contributed by atoms with Gasteiger partial charge in [0.25, 0.3) is 0 Å². The smallest absolute Gasteiger partial charge is 0.301 e. The van der Waals surface area contributed by atoms with E-state index < -0.39 is 0 Å². The van der Waals surface area contributed by atoms with Crippen molar-refractivity contribution in [2.24, 2.45) is 10.2 Å². The van der Waals surface area contributed by atoms with Crippen molar-refractivity contribution in [1.82, 2.24) is 14.8 Å². The topological polar surface area (TPSA) is 84.6 Å². The largest absolute Gasteiger partial charge is 0.497 e. The molecule has 2 aromatic heterocycles. The molecule has 0 aliphatic heterocycles. The summed E-state index contributed by atoms with van der Waals surface area (Å²) in [5, 5.41) is 16.6. The third kappa shape index (κ3) is 4.34. The zero-order valence-electron chi connectivity index (χ0n) is 19.8. The van der Waals surface area contributed by atoms with Gasteiger partial charge in [-0.2, -0.15) is 4.68 Å². The molecule has 6 aromatic rings. The first-order valence-corrected chi connectivity index (χ1v) is 12.5. The summed E-state index contributed by atoms with van der Waals surface area (Å²) in [5.41, 5.74) is 3.71. The molecule has 4 aromatic carbocycles. The highest BCUT2D eigenvalue weighted by Gasteiger charge is 2.19. The highest BCUT2D eigenvalue weighted by molar-refractivity contribution is 7.12. The lowest BCUT2D eigenvalue weighted by Gasteiger charge is -2.01. The Morgan fingerprint density at radius 2 is 1.59 bits per heavy atom. The van der Waals surface area contributed by atoms with Crippen molar-refractivity contribution in [3.05, 3.63) is 113 Å². The van der Waals surface area contributed by atoms with Crippen LogP contribution in [0.3, 0.4) is 0 Å². The Morgan fingerprint density at radius 1 is 0.838 bits per heavy atom. The predicted molar refractivity (Wildman–Crippen MR) is 148 cm³/mol. The summed E-state index contributed by atoms with van der Waals surface area (Å²) >= 11 is 1.37. The number of benzene rings is 4. The summed E-state index contributed by atoms with van der Waals surface area (Å²) in [6, 6.07) is 31.1. The van der Waals surface area contributed by atoms with Gasteiger partial charge in [0, 0.05) is 21.9 Å². The third-order valence-electron chi connectivity index (χ3n) is 6.02. The molecule has 8 heteroatoms. The highest BCUT2D eigenvalue weighted by Crippen LogP contribution is 2.32. The second-order valence-corrected chi connectivity index (χ2v) is 9.12. The number of aromatic amines is 1. The number of aromatic nitrogens is 3. The molecular formula is C29H21N5O2S. The van der Waals surface area contributed by atoms with E-state index in [1.165, 1.54) is 16.0 Å². The maximum Gasteiger partial charge on any atom is 0.301 e. The molecule has 0 bridgehead atoms. The molecule has 2 heterocycles. The first kappa shape index (κ1) is 22.6. The quantitative estimate of drug-likeness (QED) is 0.238. The Morgan fingerprint density at radius 3 is 2.41 bits per heavy atom. The fourth-order valence-electron chi connectivity index (χ4n) is 4.12. The normalized spacial score (nSPS) is 11.4. The Kier molecular flexibility index (Phi) is 5.92.